The Kier molecular flexibility index (Phi) is 4.77. The summed E-state index contributed by atoms with van der Waals surface area (Å²) in [5.74, 6) is 0. The zero-order valence-corrected chi connectivity index (χ0v) is 14.3. The first-order chi connectivity index (χ1) is 9.36. The molecule has 1 N–H and O–H groups in total. The second kappa shape index (κ2) is 6.19. The Bertz CT molecular complexity index is 585. The van der Waals surface area contributed by atoms with E-state index in [-0.39, 0.29) is 5.41 Å². The highest BCUT2D eigenvalue weighted by atomic mass is 79.9. The van der Waals surface area contributed by atoms with Gasteiger partial charge in [0.2, 0.25) is 0 Å². The van der Waals surface area contributed by atoms with Crippen molar-refractivity contribution >= 4 is 33.2 Å². The highest BCUT2D eigenvalue weighted by Crippen LogP contribution is 2.25. The number of anilines is 1. The molecule has 0 aromatic heterocycles. The van der Waals surface area contributed by atoms with Gasteiger partial charge in [-0.1, -0.05) is 60.4 Å². The van der Waals surface area contributed by atoms with E-state index < -0.39 is 0 Å². The van der Waals surface area contributed by atoms with Crippen LogP contribution in [0.3, 0.4) is 0 Å². The van der Waals surface area contributed by atoms with E-state index >= 15 is 0 Å². The molecule has 1 nitrogen and oxygen atoms in total. The van der Waals surface area contributed by atoms with Gasteiger partial charge in [-0.3, -0.25) is 0 Å². The lowest BCUT2D eigenvalue weighted by Gasteiger charge is -2.19. The molecular formula is C17H19BrClN. The molecule has 3 heteroatoms. The standard InChI is InChI=1S/C17H19BrClN/c1-17(2,3)13-4-7-15(8-5-13)20-11-12-10-14(18)6-9-16(12)19/h4-10,20H,11H2,1-3H3. The smallest absolute Gasteiger partial charge is 0.0456 e. The quantitative estimate of drug-likeness (QED) is 0.713. The van der Waals surface area contributed by atoms with E-state index in [0.29, 0.717) is 6.54 Å². The van der Waals surface area contributed by atoms with Gasteiger partial charge in [0.1, 0.15) is 0 Å². The largest absolute Gasteiger partial charge is 0.381 e. The fourth-order valence-corrected chi connectivity index (χ4v) is 2.56. The number of halogens is 2. The third kappa shape index (κ3) is 4.00. The van der Waals surface area contributed by atoms with E-state index in [2.05, 4.69) is 66.3 Å². The molecule has 106 valence electrons. The number of rotatable bonds is 3. The number of hydrogen-bond donors (Lipinski definition) is 1. The number of benzene rings is 2. The molecule has 2 aromatic carbocycles. The molecule has 0 aliphatic heterocycles. The molecule has 0 atom stereocenters. The first-order valence-corrected chi connectivity index (χ1v) is 7.82. The lowest BCUT2D eigenvalue weighted by atomic mass is 9.87. The lowest BCUT2D eigenvalue weighted by molar-refractivity contribution is 0.590. The van der Waals surface area contributed by atoms with E-state index in [9.17, 15) is 0 Å². The van der Waals surface area contributed by atoms with Gasteiger partial charge in [0.05, 0.1) is 0 Å². The minimum absolute atomic E-state index is 0.187. The summed E-state index contributed by atoms with van der Waals surface area (Å²) in [6.45, 7) is 7.37. The van der Waals surface area contributed by atoms with Gasteiger partial charge in [-0.05, 0) is 46.9 Å². The van der Waals surface area contributed by atoms with E-state index in [0.717, 1.165) is 20.7 Å². The Hall–Kier alpha value is -0.990. The monoisotopic (exact) mass is 351 g/mol. The second-order valence-corrected chi connectivity index (χ2v) is 7.24. The molecule has 0 saturated carbocycles. The first-order valence-electron chi connectivity index (χ1n) is 6.64. The van der Waals surface area contributed by atoms with Crippen LogP contribution >= 0.6 is 27.5 Å². The van der Waals surface area contributed by atoms with Crippen molar-refractivity contribution in [2.75, 3.05) is 5.32 Å². The number of nitrogens with one attached hydrogen (secondary N) is 1. The zero-order chi connectivity index (χ0) is 14.8. The molecule has 0 saturated heterocycles. The van der Waals surface area contributed by atoms with Crippen molar-refractivity contribution in [3.05, 3.63) is 63.1 Å². The van der Waals surface area contributed by atoms with Gasteiger partial charge in [0.15, 0.2) is 0 Å². The van der Waals surface area contributed by atoms with Crippen molar-refractivity contribution < 1.29 is 0 Å². The zero-order valence-electron chi connectivity index (χ0n) is 12.0. The molecule has 0 aliphatic rings. The molecule has 0 unspecified atom stereocenters. The van der Waals surface area contributed by atoms with Crippen LogP contribution in [0.1, 0.15) is 31.9 Å². The van der Waals surface area contributed by atoms with Crippen LogP contribution in [-0.2, 0) is 12.0 Å². The predicted octanol–water partition coefficient (Wildman–Crippen LogP) is 6.01. The van der Waals surface area contributed by atoms with Gasteiger partial charge in [-0.25, -0.2) is 0 Å². The van der Waals surface area contributed by atoms with Gasteiger partial charge in [-0.15, -0.1) is 0 Å². The van der Waals surface area contributed by atoms with Gasteiger partial charge < -0.3 is 5.32 Å². The van der Waals surface area contributed by atoms with Crippen LogP contribution in [-0.4, -0.2) is 0 Å². The molecule has 2 rings (SSSR count). The molecule has 0 bridgehead atoms. The summed E-state index contributed by atoms with van der Waals surface area (Å²) >= 11 is 9.65. The van der Waals surface area contributed by atoms with Gasteiger partial charge in [0.25, 0.3) is 0 Å². The topological polar surface area (TPSA) is 12.0 Å². The molecule has 2 aromatic rings. The summed E-state index contributed by atoms with van der Waals surface area (Å²) in [7, 11) is 0. The van der Waals surface area contributed by atoms with Crippen LogP contribution in [0.2, 0.25) is 5.02 Å². The Morgan fingerprint density at radius 2 is 1.70 bits per heavy atom. The third-order valence-electron chi connectivity index (χ3n) is 3.24. The van der Waals surface area contributed by atoms with Crippen molar-refractivity contribution in [1.82, 2.24) is 0 Å². The van der Waals surface area contributed by atoms with Crippen LogP contribution < -0.4 is 5.32 Å². The maximum Gasteiger partial charge on any atom is 0.0456 e. The predicted molar refractivity (Wildman–Crippen MR) is 91.6 cm³/mol. The Morgan fingerprint density at radius 1 is 1.05 bits per heavy atom. The van der Waals surface area contributed by atoms with Crippen molar-refractivity contribution in [3.63, 3.8) is 0 Å². The summed E-state index contributed by atoms with van der Waals surface area (Å²) in [5, 5.41) is 4.19. The van der Waals surface area contributed by atoms with Crippen LogP contribution in [0.4, 0.5) is 5.69 Å². The van der Waals surface area contributed by atoms with Crippen LogP contribution in [0.5, 0.6) is 0 Å². The Labute approximate surface area is 134 Å². The molecule has 0 radical (unpaired) electrons. The highest BCUT2D eigenvalue weighted by Gasteiger charge is 2.12. The molecular weight excluding hydrogens is 334 g/mol. The summed E-state index contributed by atoms with van der Waals surface area (Å²) in [6.07, 6.45) is 0. The Morgan fingerprint density at radius 3 is 2.30 bits per heavy atom. The van der Waals surface area contributed by atoms with Crippen LogP contribution in [0.25, 0.3) is 0 Å². The maximum atomic E-state index is 6.19. The van der Waals surface area contributed by atoms with Crippen LogP contribution in [0, 0.1) is 0 Å². The fourth-order valence-electron chi connectivity index (χ4n) is 1.96. The molecule has 0 fully saturated rings. The fraction of sp³-hybridized carbons (Fsp3) is 0.294. The average molecular weight is 353 g/mol. The third-order valence-corrected chi connectivity index (χ3v) is 4.10. The normalized spacial score (nSPS) is 11.4. The number of hydrogen-bond acceptors (Lipinski definition) is 1. The Balaban J connectivity index is 2.06. The van der Waals surface area contributed by atoms with Gasteiger partial charge >= 0.3 is 0 Å². The summed E-state index contributed by atoms with van der Waals surface area (Å²) in [5.41, 5.74) is 3.71. The minimum atomic E-state index is 0.187. The summed E-state index contributed by atoms with van der Waals surface area (Å²) in [4.78, 5) is 0. The van der Waals surface area contributed by atoms with E-state index in [1.807, 2.05) is 18.2 Å². The summed E-state index contributed by atoms with van der Waals surface area (Å²) in [6, 6.07) is 14.5. The average Bonchev–Trinajstić information content (AvgIpc) is 2.39. The van der Waals surface area contributed by atoms with Crippen molar-refractivity contribution in [2.45, 2.75) is 32.7 Å². The van der Waals surface area contributed by atoms with Crippen molar-refractivity contribution in [2.24, 2.45) is 0 Å². The van der Waals surface area contributed by atoms with E-state index in [1.54, 1.807) is 0 Å². The molecule has 0 aliphatic carbocycles. The SMILES string of the molecule is CC(C)(C)c1ccc(NCc2cc(Br)ccc2Cl)cc1. The van der Waals surface area contributed by atoms with Crippen LogP contribution in [0.15, 0.2) is 46.9 Å². The summed E-state index contributed by atoms with van der Waals surface area (Å²) < 4.78 is 1.04. The van der Waals surface area contributed by atoms with Crippen molar-refractivity contribution in [3.8, 4) is 0 Å². The molecule has 0 spiro atoms. The maximum absolute atomic E-state index is 6.19. The molecule has 0 heterocycles. The molecule has 0 amide bonds. The van der Waals surface area contributed by atoms with E-state index in [4.69, 9.17) is 11.6 Å². The lowest BCUT2D eigenvalue weighted by Crippen LogP contribution is -2.10. The van der Waals surface area contributed by atoms with Crippen molar-refractivity contribution in [1.29, 1.82) is 0 Å². The van der Waals surface area contributed by atoms with Gasteiger partial charge in [-0.2, -0.15) is 0 Å². The molecule has 20 heavy (non-hydrogen) atoms. The van der Waals surface area contributed by atoms with E-state index in [1.165, 1.54) is 5.56 Å². The second-order valence-electron chi connectivity index (χ2n) is 5.92. The highest BCUT2D eigenvalue weighted by molar-refractivity contribution is 9.10. The minimum Gasteiger partial charge on any atom is -0.381 e. The van der Waals surface area contributed by atoms with Gasteiger partial charge in [0, 0.05) is 21.7 Å². The first kappa shape index (κ1) is 15.4.